The van der Waals surface area contributed by atoms with Gasteiger partial charge in [-0.15, -0.1) is 0 Å². The minimum absolute atomic E-state index is 0.315. The van der Waals surface area contributed by atoms with E-state index in [1.165, 1.54) is 40.0 Å². The van der Waals surface area contributed by atoms with E-state index in [1.807, 2.05) is 0 Å². The molecule has 146 valence electrons. The summed E-state index contributed by atoms with van der Waals surface area (Å²) in [5.74, 6) is -0.741. The van der Waals surface area contributed by atoms with Crippen LogP contribution < -0.4 is 10.6 Å². The number of nitrogens with one attached hydrogen (secondary N) is 1. The first-order valence-corrected chi connectivity index (χ1v) is 9.18. The second kappa shape index (κ2) is 7.18. The molecule has 1 amide bonds. The molecule has 0 spiro atoms. The third kappa shape index (κ3) is 3.40. The predicted octanol–water partition coefficient (Wildman–Crippen LogP) is 4.07. The van der Waals surface area contributed by atoms with Crippen molar-refractivity contribution >= 4 is 35.0 Å². The van der Waals surface area contributed by atoms with E-state index in [2.05, 4.69) is 10.2 Å². The average molecular weight is 411 g/mol. The lowest BCUT2D eigenvalue weighted by molar-refractivity contribution is -0.114. The molecule has 0 aliphatic carbocycles. The first-order chi connectivity index (χ1) is 13.8. The van der Waals surface area contributed by atoms with Crippen LogP contribution in [0.4, 0.5) is 10.1 Å². The third-order valence-electron chi connectivity index (χ3n) is 4.61. The number of nitrogens with zero attached hydrogens (tertiary/aromatic N) is 3. The zero-order valence-corrected chi connectivity index (χ0v) is 16.4. The smallest absolute Gasteiger partial charge is 0.280 e. The van der Waals surface area contributed by atoms with Gasteiger partial charge in [0, 0.05) is 10.7 Å². The molecule has 1 N–H and O–H groups in total. The Kier molecular flexibility index (Phi) is 4.68. The van der Waals surface area contributed by atoms with Crippen molar-refractivity contribution < 1.29 is 9.18 Å². The molecule has 0 fully saturated rings. The van der Waals surface area contributed by atoms with Crippen LogP contribution in [0.3, 0.4) is 0 Å². The van der Waals surface area contributed by atoms with Crippen molar-refractivity contribution in [3.8, 4) is 5.69 Å². The summed E-state index contributed by atoms with van der Waals surface area (Å²) < 4.78 is 14.5. The maximum Gasteiger partial charge on any atom is 0.280 e. The highest BCUT2D eigenvalue weighted by Crippen LogP contribution is 2.27. The quantitative estimate of drug-likeness (QED) is 0.661. The normalized spacial score (nSPS) is 15.3. The SMILES string of the molecule is CC1=NN(c2cccc(Cl)c2)C(=O)C1=Cc1c(C)[nH]n(-c2ccc(F)cc2)c1=O. The summed E-state index contributed by atoms with van der Waals surface area (Å²) >= 11 is 6.01. The zero-order valence-electron chi connectivity index (χ0n) is 15.6. The first-order valence-electron chi connectivity index (χ1n) is 8.80. The number of anilines is 1. The molecule has 29 heavy (non-hydrogen) atoms. The molecule has 8 heteroatoms. The number of aromatic amines is 1. The minimum atomic E-state index is -0.392. The van der Waals surface area contributed by atoms with E-state index in [4.69, 9.17) is 11.6 Å². The molecule has 0 atom stereocenters. The van der Waals surface area contributed by atoms with Gasteiger partial charge in [-0.1, -0.05) is 17.7 Å². The highest BCUT2D eigenvalue weighted by atomic mass is 35.5. The number of H-pyrrole nitrogens is 1. The highest BCUT2D eigenvalue weighted by molar-refractivity contribution is 6.33. The Balaban J connectivity index is 1.73. The fraction of sp³-hybridized carbons (Fsp3) is 0.0952. The largest absolute Gasteiger partial charge is 0.295 e. The van der Waals surface area contributed by atoms with E-state index in [1.54, 1.807) is 38.1 Å². The van der Waals surface area contributed by atoms with Crippen molar-refractivity contribution in [3.63, 3.8) is 0 Å². The summed E-state index contributed by atoms with van der Waals surface area (Å²) in [5.41, 5.74) is 2.41. The molecule has 6 nitrogen and oxygen atoms in total. The number of carbonyl (C=O) groups is 1. The number of hydrogen-bond donors (Lipinski definition) is 1. The van der Waals surface area contributed by atoms with Crippen LogP contribution in [-0.4, -0.2) is 21.4 Å². The molecule has 0 bridgehead atoms. The second-order valence-electron chi connectivity index (χ2n) is 6.61. The van der Waals surface area contributed by atoms with Crippen LogP contribution in [0.25, 0.3) is 11.8 Å². The number of carbonyl (C=O) groups excluding carboxylic acids is 1. The van der Waals surface area contributed by atoms with E-state index in [0.717, 1.165) is 0 Å². The first kappa shape index (κ1) is 18.9. The zero-order chi connectivity index (χ0) is 20.7. The molecule has 0 saturated heterocycles. The number of aromatic nitrogens is 2. The Morgan fingerprint density at radius 3 is 2.48 bits per heavy atom. The van der Waals surface area contributed by atoms with Crippen LogP contribution in [0.15, 0.2) is 64.0 Å². The molecule has 0 unspecified atom stereocenters. The van der Waals surface area contributed by atoms with Gasteiger partial charge in [0.25, 0.3) is 11.5 Å². The molecule has 1 aromatic heterocycles. The Hall–Kier alpha value is -3.45. The van der Waals surface area contributed by atoms with Gasteiger partial charge in [-0.3, -0.25) is 14.7 Å². The van der Waals surface area contributed by atoms with Crippen molar-refractivity contribution in [2.45, 2.75) is 13.8 Å². The van der Waals surface area contributed by atoms with E-state index in [0.29, 0.717) is 38.9 Å². The molecule has 1 aliphatic heterocycles. The van der Waals surface area contributed by atoms with Gasteiger partial charge >= 0.3 is 0 Å². The van der Waals surface area contributed by atoms with Gasteiger partial charge < -0.3 is 0 Å². The van der Waals surface area contributed by atoms with Gasteiger partial charge in [0.15, 0.2) is 0 Å². The number of amides is 1. The molecule has 1 aliphatic rings. The molecule has 4 rings (SSSR count). The number of benzene rings is 2. The molecule has 3 aromatic rings. The number of rotatable bonds is 3. The summed E-state index contributed by atoms with van der Waals surface area (Å²) in [7, 11) is 0. The van der Waals surface area contributed by atoms with Gasteiger partial charge in [-0.2, -0.15) is 10.1 Å². The van der Waals surface area contributed by atoms with E-state index in [-0.39, 0.29) is 11.5 Å². The summed E-state index contributed by atoms with van der Waals surface area (Å²) in [6, 6.07) is 12.4. The fourth-order valence-electron chi connectivity index (χ4n) is 3.11. The predicted molar refractivity (Wildman–Crippen MR) is 111 cm³/mol. The average Bonchev–Trinajstić information content (AvgIpc) is 3.13. The standard InChI is InChI=1S/C21H16ClFN4O2/c1-12-18(20(28)26(24-12)16-8-6-15(23)7-9-16)11-19-13(2)25-27(21(19)29)17-5-3-4-14(22)10-17/h3-11,24H,1-2H3. The van der Waals surface area contributed by atoms with Crippen molar-refractivity contribution in [2.24, 2.45) is 5.10 Å². The molecular weight excluding hydrogens is 395 g/mol. The van der Waals surface area contributed by atoms with Crippen LogP contribution in [0, 0.1) is 12.7 Å². The van der Waals surface area contributed by atoms with Crippen LogP contribution in [0.2, 0.25) is 5.02 Å². The van der Waals surface area contributed by atoms with Gasteiger partial charge in [0.1, 0.15) is 5.82 Å². The summed E-state index contributed by atoms with van der Waals surface area (Å²) in [6.07, 6.45) is 1.53. The van der Waals surface area contributed by atoms with Crippen LogP contribution >= 0.6 is 11.6 Å². The Bertz CT molecular complexity index is 1240. The lowest BCUT2D eigenvalue weighted by Gasteiger charge is -2.11. The van der Waals surface area contributed by atoms with Gasteiger partial charge in [-0.05, 0) is 62.4 Å². The lowest BCUT2D eigenvalue weighted by atomic mass is 10.1. The molecule has 0 saturated carbocycles. The summed E-state index contributed by atoms with van der Waals surface area (Å²) in [6.45, 7) is 3.43. The van der Waals surface area contributed by atoms with Gasteiger partial charge in [-0.25, -0.2) is 9.07 Å². The fourth-order valence-corrected chi connectivity index (χ4v) is 3.30. The van der Waals surface area contributed by atoms with E-state index in [9.17, 15) is 14.0 Å². The van der Waals surface area contributed by atoms with Crippen molar-refractivity contribution in [1.29, 1.82) is 0 Å². The van der Waals surface area contributed by atoms with Gasteiger partial charge in [0.2, 0.25) is 0 Å². The molecular formula is C21H16ClFN4O2. The molecule has 2 aromatic carbocycles. The van der Waals surface area contributed by atoms with Crippen LogP contribution in [-0.2, 0) is 4.79 Å². The second-order valence-corrected chi connectivity index (χ2v) is 7.04. The number of aryl methyl sites for hydroxylation is 1. The lowest BCUT2D eigenvalue weighted by Crippen LogP contribution is -2.22. The third-order valence-corrected chi connectivity index (χ3v) is 4.84. The number of hydrazone groups is 1. The maximum atomic E-state index is 13.2. The topological polar surface area (TPSA) is 70.5 Å². The Morgan fingerprint density at radius 2 is 1.79 bits per heavy atom. The van der Waals surface area contributed by atoms with Gasteiger partial charge in [0.05, 0.1) is 28.2 Å². The Labute approximate surface area is 170 Å². The van der Waals surface area contributed by atoms with Crippen molar-refractivity contribution in [1.82, 2.24) is 9.78 Å². The van der Waals surface area contributed by atoms with Crippen LogP contribution in [0.1, 0.15) is 18.2 Å². The van der Waals surface area contributed by atoms with E-state index < -0.39 is 5.82 Å². The maximum absolute atomic E-state index is 13.2. The summed E-state index contributed by atoms with van der Waals surface area (Å²) in [5, 5.41) is 9.01. The number of hydrogen-bond acceptors (Lipinski definition) is 3. The van der Waals surface area contributed by atoms with E-state index >= 15 is 0 Å². The van der Waals surface area contributed by atoms with Crippen molar-refractivity contribution in [2.75, 3.05) is 5.01 Å². The van der Waals surface area contributed by atoms with Crippen LogP contribution in [0.5, 0.6) is 0 Å². The number of halogens is 2. The highest BCUT2D eigenvalue weighted by Gasteiger charge is 2.29. The Morgan fingerprint density at radius 1 is 1.07 bits per heavy atom. The molecule has 0 radical (unpaired) electrons. The molecule has 2 heterocycles. The minimum Gasteiger partial charge on any atom is -0.295 e. The van der Waals surface area contributed by atoms with Crippen molar-refractivity contribution in [3.05, 3.63) is 86.6 Å². The summed E-state index contributed by atoms with van der Waals surface area (Å²) in [4.78, 5) is 25.8. The monoisotopic (exact) mass is 410 g/mol.